The summed E-state index contributed by atoms with van der Waals surface area (Å²) in [5.41, 5.74) is 3.52. The van der Waals surface area contributed by atoms with E-state index in [2.05, 4.69) is 23.1 Å². The Morgan fingerprint density at radius 2 is 2.06 bits per heavy atom. The van der Waals surface area contributed by atoms with Crippen LogP contribution in [0.15, 0.2) is 23.3 Å². The first kappa shape index (κ1) is 11.0. The fourth-order valence-corrected chi connectivity index (χ4v) is 2.87. The number of hydrogen-bond donors (Lipinski definition) is 1. The van der Waals surface area contributed by atoms with Gasteiger partial charge in [-0.25, -0.2) is 0 Å². The van der Waals surface area contributed by atoms with Gasteiger partial charge in [0.05, 0.1) is 5.37 Å². The zero-order chi connectivity index (χ0) is 12.0. The average molecular weight is 248 g/mol. The molecule has 2 aromatic heterocycles. The lowest BCUT2D eigenvalue weighted by Gasteiger charge is -2.13. The summed E-state index contributed by atoms with van der Waals surface area (Å²) >= 11 is 4.33. The Morgan fingerprint density at radius 3 is 2.82 bits per heavy atom. The van der Waals surface area contributed by atoms with Gasteiger partial charge in [0.15, 0.2) is 0 Å². The molecule has 4 heteroatoms. The third-order valence-corrected chi connectivity index (χ3v) is 3.82. The molecule has 0 N–H and O–H groups in total. The molecule has 0 saturated heterocycles. The van der Waals surface area contributed by atoms with Crippen molar-refractivity contribution in [3.05, 3.63) is 40.1 Å². The summed E-state index contributed by atoms with van der Waals surface area (Å²) in [7, 11) is 0. The second kappa shape index (κ2) is 3.95. The van der Waals surface area contributed by atoms with Crippen LogP contribution in [0.25, 0.3) is 5.52 Å². The largest absolute Gasteiger partial charge is 0.314 e. The quantitative estimate of drug-likeness (QED) is 0.771. The van der Waals surface area contributed by atoms with Gasteiger partial charge < -0.3 is 8.97 Å². The van der Waals surface area contributed by atoms with Crippen molar-refractivity contribution in [3.8, 4) is 0 Å². The van der Waals surface area contributed by atoms with Crippen molar-refractivity contribution in [3.63, 3.8) is 0 Å². The first-order valence-electron chi connectivity index (χ1n) is 6.10. The van der Waals surface area contributed by atoms with E-state index in [0.717, 1.165) is 18.4 Å². The van der Waals surface area contributed by atoms with Gasteiger partial charge in [-0.15, -0.1) is 0 Å². The number of nitrogens with zero attached hydrogens (tertiary/aromatic N) is 2. The second-order valence-corrected chi connectivity index (χ2v) is 5.47. The molecule has 3 rings (SSSR count). The maximum Gasteiger partial charge on any atom is 0.275 e. The molecule has 0 saturated carbocycles. The van der Waals surface area contributed by atoms with Gasteiger partial charge in [-0.2, -0.15) is 12.6 Å². The molecule has 2 heterocycles. The van der Waals surface area contributed by atoms with E-state index in [4.69, 9.17) is 0 Å². The van der Waals surface area contributed by atoms with E-state index < -0.39 is 0 Å². The first-order valence-corrected chi connectivity index (χ1v) is 6.62. The topological polar surface area (TPSA) is 26.4 Å². The molecule has 0 bridgehead atoms. The lowest BCUT2D eigenvalue weighted by Crippen LogP contribution is -2.22. The number of rotatable bonds is 1. The molecule has 1 unspecified atom stereocenters. The Kier molecular flexibility index (Phi) is 2.54. The molecular formula is C13H16N2OS. The minimum Gasteiger partial charge on any atom is -0.314 e. The highest BCUT2D eigenvalue weighted by Gasteiger charge is 2.16. The van der Waals surface area contributed by atoms with Crippen molar-refractivity contribution in [2.75, 3.05) is 0 Å². The minimum atomic E-state index is -0.0839. The molecule has 0 amide bonds. The van der Waals surface area contributed by atoms with Crippen molar-refractivity contribution in [2.45, 2.75) is 38.0 Å². The van der Waals surface area contributed by atoms with Crippen molar-refractivity contribution in [1.29, 1.82) is 0 Å². The third kappa shape index (κ3) is 1.62. The summed E-state index contributed by atoms with van der Waals surface area (Å²) in [6.45, 7) is 1.91. The molecule has 1 aliphatic rings. The summed E-state index contributed by atoms with van der Waals surface area (Å²) < 4.78 is 3.73. The van der Waals surface area contributed by atoms with E-state index in [1.54, 1.807) is 4.57 Å². The molecular weight excluding hydrogens is 232 g/mol. The van der Waals surface area contributed by atoms with Gasteiger partial charge in [-0.3, -0.25) is 4.79 Å². The highest BCUT2D eigenvalue weighted by atomic mass is 32.1. The van der Waals surface area contributed by atoms with Crippen LogP contribution in [-0.2, 0) is 12.8 Å². The van der Waals surface area contributed by atoms with Crippen LogP contribution in [0.4, 0.5) is 0 Å². The van der Waals surface area contributed by atoms with E-state index in [1.807, 2.05) is 19.3 Å². The molecule has 0 aromatic carbocycles. The van der Waals surface area contributed by atoms with Gasteiger partial charge in [-0.05, 0) is 44.2 Å². The maximum absolute atomic E-state index is 12.3. The van der Waals surface area contributed by atoms with Crippen LogP contribution >= 0.6 is 12.6 Å². The van der Waals surface area contributed by atoms with E-state index in [-0.39, 0.29) is 10.9 Å². The standard InChI is InChI=1S/C13H16N2OS/c1-9(17)14-6-7-15-11-5-3-2-4-10(11)8-12(15)13(14)16/h6-9,17H,2-5H2,1H3. The highest BCUT2D eigenvalue weighted by Crippen LogP contribution is 2.24. The average Bonchev–Trinajstić information content (AvgIpc) is 2.69. The van der Waals surface area contributed by atoms with E-state index in [1.165, 1.54) is 24.1 Å². The molecule has 3 nitrogen and oxygen atoms in total. The van der Waals surface area contributed by atoms with Gasteiger partial charge >= 0.3 is 0 Å². The first-order chi connectivity index (χ1) is 8.18. The Balaban J connectivity index is 2.31. The normalized spacial score (nSPS) is 17.1. The predicted octanol–water partition coefficient (Wildman–Crippen LogP) is 2.43. The SMILES string of the molecule is CC(S)n1ccn2c3c(cc2c1=O)CCCC3. The van der Waals surface area contributed by atoms with Crippen LogP contribution in [0.5, 0.6) is 0 Å². The maximum atomic E-state index is 12.3. The molecule has 90 valence electrons. The smallest absolute Gasteiger partial charge is 0.275 e. The summed E-state index contributed by atoms with van der Waals surface area (Å²) in [6.07, 6.45) is 8.48. The Morgan fingerprint density at radius 1 is 1.29 bits per heavy atom. The molecule has 17 heavy (non-hydrogen) atoms. The lowest BCUT2D eigenvalue weighted by molar-refractivity contribution is 0.663. The molecule has 0 aliphatic heterocycles. The number of thiol groups is 1. The fraction of sp³-hybridized carbons (Fsp3) is 0.462. The predicted molar refractivity (Wildman–Crippen MR) is 72.0 cm³/mol. The van der Waals surface area contributed by atoms with Gasteiger partial charge in [0.1, 0.15) is 5.52 Å². The van der Waals surface area contributed by atoms with E-state index in [0.29, 0.717) is 0 Å². The van der Waals surface area contributed by atoms with E-state index >= 15 is 0 Å². The lowest BCUT2D eigenvalue weighted by atomic mass is 9.98. The third-order valence-electron chi connectivity index (χ3n) is 3.57. The molecule has 1 atom stereocenters. The van der Waals surface area contributed by atoms with Crippen LogP contribution < -0.4 is 5.56 Å². The van der Waals surface area contributed by atoms with Gasteiger partial charge in [0.25, 0.3) is 5.56 Å². The molecule has 0 fully saturated rings. The summed E-state index contributed by atoms with van der Waals surface area (Å²) in [6, 6.07) is 2.06. The van der Waals surface area contributed by atoms with Crippen LogP contribution in [0, 0.1) is 0 Å². The van der Waals surface area contributed by atoms with Crippen molar-refractivity contribution in [1.82, 2.24) is 8.97 Å². The molecule has 1 aliphatic carbocycles. The number of fused-ring (bicyclic) bond motifs is 3. The van der Waals surface area contributed by atoms with Crippen LogP contribution in [0.3, 0.4) is 0 Å². The highest BCUT2D eigenvalue weighted by molar-refractivity contribution is 7.80. The number of aryl methyl sites for hydroxylation is 2. The van der Waals surface area contributed by atoms with Crippen LogP contribution in [0.1, 0.15) is 36.4 Å². The van der Waals surface area contributed by atoms with Crippen molar-refractivity contribution >= 4 is 18.1 Å². The number of aromatic nitrogens is 2. The van der Waals surface area contributed by atoms with Gasteiger partial charge in [0.2, 0.25) is 0 Å². The summed E-state index contributed by atoms with van der Waals surface area (Å²) in [5.74, 6) is 0. The van der Waals surface area contributed by atoms with Crippen molar-refractivity contribution < 1.29 is 0 Å². The molecule has 2 aromatic rings. The van der Waals surface area contributed by atoms with Gasteiger partial charge in [-0.1, -0.05) is 0 Å². The van der Waals surface area contributed by atoms with E-state index in [9.17, 15) is 4.79 Å². The zero-order valence-electron chi connectivity index (χ0n) is 9.89. The molecule has 0 radical (unpaired) electrons. The van der Waals surface area contributed by atoms with Crippen LogP contribution in [0.2, 0.25) is 0 Å². The Bertz CT molecular complexity index is 624. The zero-order valence-corrected chi connectivity index (χ0v) is 10.8. The summed E-state index contributed by atoms with van der Waals surface area (Å²) in [4.78, 5) is 12.3. The fourth-order valence-electron chi connectivity index (χ4n) is 2.69. The van der Waals surface area contributed by atoms with Crippen LogP contribution in [-0.4, -0.2) is 8.97 Å². The van der Waals surface area contributed by atoms with Crippen molar-refractivity contribution in [2.24, 2.45) is 0 Å². The van der Waals surface area contributed by atoms with Gasteiger partial charge in [0, 0.05) is 18.1 Å². The Hall–Kier alpha value is -1.16. The second-order valence-electron chi connectivity index (χ2n) is 4.72. The molecule has 0 spiro atoms. The minimum absolute atomic E-state index is 0.0596. The Labute approximate surface area is 105 Å². The summed E-state index contributed by atoms with van der Waals surface area (Å²) in [5, 5.41) is -0.0839. The monoisotopic (exact) mass is 248 g/mol. The number of hydrogen-bond acceptors (Lipinski definition) is 2.